The summed E-state index contributed by atoms with van der Waals surface area (Å²) in [5.41, 5.74) is 1.52. The maximum absolute atomic E-state index is 12.8. The molecule has 0 bridgehead atoms. The zero-order valence-corrected chi connectivity index (χ0v) is 11.7. The third-order valence-electron chi connectivity index (χ3n) is 2.90. The Bertz CT molecular complexity index is 722. The first-order valence-electron chi connectivity index (χ1n) is 6.45. The third kappa shape index (κ3) is 3.99. The number of non-ortho nitro benzene ring substituents is 1. The summed E-state index contributed by atoms with van der Waals surface area (Å²) >= 11 is 0. The van der Waals surface area contributed by atoms with E-state index < -0.39 is 4.92 Å². The van der Waals surface area contributed by atoms with E-state index in [4.69, 9.17) is 0 Å². The molecule has 0 saturated heterocycles. The lowest BCUT2D eigenvalue weighted by Crippen LogP contribution is -2.01. The Morgan fingerprint density at radius 3 is 2.27 bits per heavy atom. The molecule has 2 aromatic carbocycles. The molecule has 2 aromatic rings. The summed E-state index contributed by atoms with van der Waals surface area (Å²) in [5.74, 6) is -0.615. The van der Waals surface area contributed by atoms with Gasteiger partial charge in [0.25, 0.3) is 5.69 Å². The van der Waals surface area contributed by atoms with E-state index in [9.17, 15) is 19.3 Å². The number of nitrogens with one attached hydrogen (secondary N) is 1. The first-order chi connectivity index (χ1) is 10.5. The number of nitro benzene ring substituents is 1. The van der Waals surface area contributed by atoms with Crippen molar-refractivity contribution in [3.05, 3.63) is 81.8 Å². The van der Waals surface area contributed by atoms with Crippen molar-refractivity contribution in [2.24, 2.45) is 0 Å². The molecule has 2 rings (SSSR count). The molecule has 0 aliphatic rings. The predicted molar refractivity (Wildman–Crippen MR) is 81.2 cm³/mol. The van der Waals surface area contributed by atoms with Gasteiger partial charge in [-0.3, -0.25) is 14.9 Å². The predicted octanol–water partition coefficient (Wildman–Crippen LogP) is 3.93. The molecule has 0 unspecified atom stereocenters. The van der Waals surface area contributed by atoms with Crippen LogP contribution in [-0.4, -0.2) is 10.7 Å². The van der Waals surface area contributed by atoms with Crippen molar-refractivity contribution < 1.29 is 14.1 Å². The van der Waals surface area contributed by atoms with Gasteiger partial charge in [-0.25, -0.2) is 4.39 Å². The maximum Gasteiger partial charge on any atom is 0.269 e. The summed E-state index contributed by atoms with van der Waals surface area (Å²) in [6.45, 7) is 1.70. The fourth-order valence-corrected chi connectivity index (χ4v) is 1.82. The van der Waals surface area contributed by atoms with Crippen molar-refractivity contribution in [1.82, 2.24) is 0 Å². The lowest BCUT2D eigenvalue weighted by molar-refractivity contribution is -0.384. The molecule has 0 amide bonds. The highest BCUT2D eigenvalue weighted by Crippen LogP contribution is 2.14. The average molecular weight is 300 g/mol. The highest BCUT2D eigenvalue weighted by Gasteiger charge is 2.08. The second-order valence-electron chi connectivity index (χ2n) is 4.63. The van der Waals surface area contributed by atoms with Gasteiger partial charge in [-0.2, -0.15) is 0 Å². The fourth-order valence-electron chi connectivity index (χ4n) is 1.82. The van der Waals surface area contributed by atoms with Crippen molar-refractivity contribution in [3.8, 4) is 0 Å². The number of nitrogens with zero attached hydrogens (tertiary/aromatic N) is 1. The number of carbonyl (C=O) groups excluding carboxylic acids is 1. The van der Waals surface area contributed by atoms with Gasteiger partial charge in [-0.05, 0) is 43.3 Å². The molecule has 6 heteroatoms. The molecular formula is C16H13FN2O3. The van der Waals surface area contributed by atoms with Gasteiger partial charge >= 0.3 is 0 Å². The molecule has 0 atom stereocenters. The molecule has 0 heterocycles. The third-order valence-corrected chi connectivity index (χ3v) is 2.90. The largest absolute Gasteiger partial charge is 0.359 e. The summed E-state index contributed by atoms with van der Waals surface area (Å²) in [6, 6.07) is 11.1. The summed E-state index contributed by atoms with van der Waals surface area (Å²) in [4.78, 5) is 22.1. The van der Waals surface area contributed by atoms with Crippen molar-refractivity contribution in [2.75, 3.05) is 5.32 Å². The van der Waals surface area contributed by atoms with Crippen molar-refractivity contribution in [2.45, 2.75) is 6.92 Å². The number of anilines is 1. The monoisotopic (exact) mass is 300 g/mol. The van der Waals surface area contributed by atoms with Crippen LogP contribution in [0.5, 0.6) is 0 Å². The van der Waals surface area contributed by atoms with Crippen molar-refractivity contribution in [3.63, 3.8) is 0 Å². The van der Waals surface area contributed by atoms with E-state index in [0.29, 0.717) is 16.9 Å². The summed E-state index contributed by atoms with van der Waals surface area (Å²) < 4.78 is 12.8. The minimum Gasteiger partial charge on any atom is -0.359 e. The molecule has 0 spiro atoms. The normalized spacial score (nSPS) is 11.1. The number of carbonyl (C=O) groups is 1. The van der Waals surface area contributed by atoms with Crippen LogP contribution in [0, 0.1) is 15.9 Å². The van der Waals surface area contributed by atoms with E-state index in [1.165, 1.54) is 42.5 Å². The minimum absolute atomic E-state index is 0.0679. The molecule has 112 valence electrons. The highest BCUT2D eigenvalue weighted by molar-refractivity contribution is 6.05. The zero-order chi connectivity index (χ0) is 16.1. The van der Waals surface area contributed by atoms with Gasteiger partial charge in [0, 0.05) is 35.2 Å². The van der Waals surface area contributed by atoms with Crippen LogP contribution < -0.4 is 5.32 Å². The lowest BCUT2D eigenvalue weighted by Gasteiger charge is -2.06. The van der Waals surface area contributed by atoms with Gasteiger partial charge in [0.15, 0.2) is 5.78 Å². The number of ketones is 1. The molecule has 0 aliphatic heterocycles. The summed E-state index contributed by atoms with van der Waals surface area (Å²) in [6.07, 6.45) is 1.38. The smallest absolute Gasteiger partial charge is 0.269 e. The van der Waals surface area contributed by atoms with Crippen molar-refractivity contribution in [1.29, 1.82) is 0 Å². The molecule has 1 N–H and O–H groups in total. The molecule has 22 heavy (non-hydrogen) atoms. The molecular weight excluding hydrogens is 287 g/mol. The fraction of sp³-hybridized carbons (Fsp3) is 0.0625. The standard InChI is InChI=1S/C16H13FN2O3/c1-11(18-14-6-4-13(17)5-7-14)10-16(20)12-2-8-15(9-3-12)19(21)22/h2-10,18H,1H3/b11-10+. The van der Waals surface area contributed by atoms with Crippen LogP contribution in [-0.2, 0) is 0 Å². The zero-order valence-electron chi connectivity index (χ0n) is 11.7. The molecule has 0 aliphatic carbocycles. The Labute approximate surface area is 126 Å². The van der Waals surface area contributed by atoms with Gasteiger partial charge in [0.2, 0.25) is 0 Å². The number of hydrogen-bond acceptors (Lipinski definition) is 4. The summed E-state index contributed by atoms with van der Waals surface area (Å²) in [7, 11) is 0. The first kappa shape index (κ1) is 15.4. The van der Waals surface area contributed by atoms with Crippen LogP contribution in [0.3, 0.4) is 0 Å². The van der Waals surface area contributed by atoms with Gasteiger partial charge in [0.1, 0.15) is 5.82 Å². The average Bonchev–Trinajstić information content (AvgIpc) is 2.49. The van der Waals surface area contributed by atoms with Crippen LogP contribution in [0.1, 0.15) is 17.3 Å². The molecule has 5 nitrogen and oxygen atoms in total. The second kappa shape index (κ2) is 6.62. The number of rotatable bonds is 5. The van der Waals surface area contributed by atoms with E-state index in [0.717, 1.165) is 0 Å². The Morgan fingerprint density at radius 1 is 1.14 bits per heavy atom. The number of hydrogen-bond donors (Lipinski definition) is 1. The quantitative estimate of drug-likeness (QED) is 0.393. The molecule has 0 radical (unpaired) electrons. The van der Waals surface area contributed by atoms with E-state index in [1.807, 2.05) is 0 Å². The van der Waals surface area contributed by atoms with Crippen LogP contribution in [0.15, 0.2) is 60.3 Å². The van der Waals surface area contributed by atoms with Gasteiger partial charge < -0.3 is 5.32 Å². The SMILES string of the molecule is C/C(=C\C(=O)c1ccc([N+](=O)[O-])cc1)Nc1ccc(F)cc1. The molecule has 0 fully saturated rings. The van der Waals surface area contributed by atoms with E-state index in [2.05, 4.69) is 5.32 Å². The lowest BCUT2D eigenvalue weighted by atomic mass is 10.1. The van der Waals surface area contributed by atoms with Gasteiger partial charge in [-0.1, -0.05) is 0 Å². The van der Waals surface area contributed by atoms with Crippen LogP contribution in [0.4, 0.5) is 15.8 Å². The van der Waals surface area contributed by atoms with Crippen LogP contribution in [0.25, 0.3) is 0 Å². The Morgan fingerprint density at radius 2 is 1.73 bits per heavy atom. The van der Waals surface area contributed by atoms with Gasteiger partial charge in [0.05, 0.1) is 4.92 Å². The topological polar surface area (TPSA) is 72.2 Å². The number of benzene rings is 2. The van der Waals surface area contributed by atoms with E-state index in [1.54, 1.807) is 19.1 Å². The Kier molecular flexibility index (Phi) is 4.63. The minimum atomic E-state index is -0.522. The van der Waals surface area contributed by atoms with Crippen LogP contribution in [0.2, 0.25) is 0 Å². The Hall–Kier alpha value is -3.02. The number of allylic oxidation sites excluding steroid dienone is 2. The number of nitro groups is 1. The number of halogens is 1. The van der Waals surface area contributed by atoms with E-state index in [-0.39, 0.29) is 17.3 Å². The maximum atomic E-state index is 12.8. The molecule has 0 saturated carbocycles. The second-order valence-corrected chi connectivity index (χ2v) is 4.63. The Balaban J connectivity index is 2.08. The van der Waals surface area contributed by atoms with Crippen LogP contribution >= 0.6 is 0 Å². The highest BCUT2D eigenvalue weighted by atomic mass is 19.1. The first-order valence-corrected chi connectivity index (χ1v) is 6.45. The molecule has 0 aromatic heterocycles. The van der Waals surface area contributed by atoms with Gasteiger partial charge in [-0.15, -0.1) is 0 Å². The van der Waals surface area contributed by atoms with E-state index >= 15 is 0 Å². The van der Waals surface area contributed by atoms with Crippen molar-refractivity contribution >= 4 is 17.2 Å². The summed E-state index contributed by atoms with van der Waals surface area (Å²) in [5, 5.41) is 13.5.